The Labute approximate surface area is 137 Å². The summed E-state index contributed by atoms with van der Waals surface area (Å²) in [5, 5.41) is 16.1. The fourth-order valence-electron chi connectivity index (χ4n) is 1.63. The van der Waals surface area contributed by atoms with Crippen LogP contribution >= 0.6 is 34.4 Å². The number of thioether (sulfide) groups is 1. The molecule has 0 aliphatic heterocycles. The lowest BCUT2D eigenvalue weighted by atomic mass is 10.2. The second-order valence-corrected chi connectivity index (χ2v) is 6.90. The fraction of sp³-hybridized carbons (Fsp3) is 0.462. The number of halogens is 1. The number of hydrogen-bond donors (Lipinski definition) is 1. The number of hydrogen-bond acceptors (Lipinski definition) is 5. The van der Waals surface area contributed by atoms with Crippen molar-refractivity contribution in [3.05, 3.63) is 33.4 Å². The van der Waals surface area contributed by atoms with Crippen LogP contribution < -0.4 is 5.32 Å². The van der Waals surface area contributed by atoms with Crippen molar-refractivity contribution >= 4 is 34.4 Å². The van der Waals surface area contributed by atoms with Crippen LogP contribution in [0.25, 0.3) is 0 Å². The van der Waals surface area contributed by atoms with Gasteiger partial charge < -0.3 is 5.32 Å². The maximum absolute atomic E-state index is 4.08. The van der Waals surface area contributed by atoms with Gasteiger partial charge in [0.2, 0.25) is 5.16 Å². The molecule has 2 aromatic rings. The van der Waals surface area contributed by atoms with Crippen LogP contribution in [0.4, 0.5) is 0 Å². The minimum atomic E-state index is 0.481. The lowest BCUT2D eigenvalue weighted by Gasteiger charge is -2.08. The standard InChI is InChI=1S/C13H18IN5S/c1-10(2)15-7-8-19-13(16-17-18-19)20-9-11-3-5-12(14)6-4-11/h3-6,10,15H,7-9H2,1-2H3. The molecule has 7 heteroatoms. The first-order chi connectivity index (χ1) is 9.65. The van der Waals surface area contributed by atoms with Gasteiger partial charge in [-0.3, -0.25) is 0 Å². The van der Waals surface area contributed by atoms with Crippen LogP contribution in [0.15, 0.2) is 29.4 Å². The van der Waals surface area contributed by atoms with Gasteiger partial charge in [-0.2, -0.15) is 0 Å². The van der Waals surface area contributed by atoms with E-state index in [-0.39, 0.29) is 0 Å². The minimum Gasteiger partial charge on any atom is -0.313 e. The molecule has 0 saturated carbocycles. The average Bonchev–Trinajstić information content (AvgIpc) is 2.85. The highest BCUT2D eigenvalue weighted by molar-refractivity contribution is 14.1. The van der Waals surface area contributed by atoms with E-state index in [1.54, 1.807) is 11.8 Å². The summed E-state index contributed by atoms with van der Waals surface area (Å²) in [6, 6.07) is 9.00. The molecule has 108 valence electrons. The lowest BCUT2D eigenvalue weighted by Crippen LogP contribution is -2.27. The van der Waals surface area contributed by atoms with Crippen LogP contribution in [0.2, 0.25) is 0 Å². The molecule has 20 heavy (non-hydrogen) atoms. The Hall–Kier alpha value is -0.670. The summed E-state index contributed by atoms with van der Waals surface area (Å²) in [5.74, 6) is 0.884. The van der Waals surface area contributed by atoms with E-state index in [9.17, 15) is 0 Å². The van der Waals surface area contributed by atoms with Crippen LogP contribution in [0.1, 0.15) is 19.4 Å². The number of benzene rings is 1. The molecule has 0 fully saturated rings. The monoisotopic (exact) mass is 403 g/mol. The van der Waals surface area contributed by atoms with Crippen molar-refractivity contribution in [2.75, 3.05) is 6.54 Å². The maximum Gasteiger partial charge on any atom is 0.209 e. The molecule has 0 bridgehead atoms. The molecule has 2 rings (SSSR count). The fourth-order valence-corrected chi connectivity index (χ4v) is 2.85. The molecule has 0 amide bonds. The first kappa shape index (κ1) is 15.7. The van der Waals surface area contributed by atoms with Crippen molar-refractivity contribution in [3.63, 3.8) is 0 Å². The van der Waals surface area contributed by atoms with Crippen LogP contribution in [0, 0.1) is 3.57 Å². The zero-order valence-electron chi connectivity index (χ0n) is 11.6. The smallest absolute Gasteiger partial charge is 0.209 e. The van der Waals surface area contributed by atoms with E-state index < -0.39 is 0 Å². The molecule has 1 heterocycles. The largest absolute Gasteiger partial charge is 0.313 e. The molecule has 0 atom stereocenters. The van der Waals surface area contributed by atoms with Gasteiger partial charge in [0, 0.05) is 21.9 Å². The van der Waals surface area contributed by atoms with E-state index in [0.717, 1.165) is 24.0 Å². The molecule has 1 N–H and O–H groups in total. The molecule has 0 spiro atoms. The van der Waals surface area contributed by atoms with Crippen LogP contribution in [-0.4, -0.2) is 32.8 Å². The van der Waals surface area contributed by atoms with Gasteiger partial charge in [0.05, 0.1) is 6.54 Å². The third kappa shape index (κ3) is 5.02. The Morgan fingerprint density at radius 3 is 2.75 bits per heavy atom. The van der Waals surface area contributed by atoms with Gasteiger partial charge in [-0.15, -0.1) is 5.10 Å². The number of nitrogens with zero attached hydrogens (tertiary/aromatic N) is 4. The van der Waals surface area contributed by atoms with Crippen LogP contribution in [0.5, 0.6) is 0 Å². The quantitative estimate of drug-likeness (QED) is 0.569. The number of tetrazole rings is 1. The summed E-state index contributed by atoms with van der Waals surface area (Å²) in [7, 11) is 0. The molecule has 0 unspecified atom stereocenters. The van der Waals surface area contributed by atoms with Gasteiger partial charge in [-0.25, -0.2) is 4.68 Å². The molecule has 1 aromatic heterocycles. The zero-order valence-corrected chi connectivity index (χ0v) is 14.6. The van der Waals surface area contributed by atoms with Crippen LogP contribution in [0.3, 0.4) is 0 Å². The van der Waals surface area contributed by atoms with Crippen molar-refractivity contribution in [2.24, 2.45) is 0 Å². The summed E-state index contributed by atoms with van der Waals surface area (Å²) in [5.41, 5.74) is 1.28. The average molecular weight is 403 g/mol. The van der Waals surface area contributed by atoms with E-state index in [1.165, 1.54) is 9.13 Å². The Morgan fingerprint density at radius 1 is 1.30 bits per heavy atom. The third-order valence-electron chi connectivity index (χ3n) is 2.66. The summed E-state index contributed by atoms with van der Waals surface area (Å²) >= 11 is 3.98. The van der Waals surface area contributed by atoms with E-state index in [2.05, 4.69) is 81.5 Å². The summed E-state index contributed by atoms with van der Waals surface area (Å²) in [4.78, 5) is 0. The van der Waals surface area contributed by atoms with Gasteiger partial charge in [0.1, 0.15) is 0 Å². The normalized spacial score (nSPS) is 11.2. The van der Waals surface area contributed by atoms with Crippen molar-refractivity contribution in [3.8, 4) is 0 Å². The maximum atomic E-state index is 4.08. The molecular formula is C13H18IN5S. The minimum absolute atomic E-state index is 0.481. The van der Waals surface area contributed by atoms with E-state index in [1.807, 2.05) is 4.68 Å². The first-order valence-electron chi connectivity index (χ1n) is 6.52. The second kappa shape index (κ2) is 7.94. The lowest BCUT2D eigenvalue weighted by molar-refractivity contribution is 0.485. The van der Waals surface area contributed by atoms with Gasteiger partial charge in [0.25, 0.3) is 0 Å². The van der Waals surface area contributed by atoms with Gasteiger partial charge in [0.15, 0.2) is 0 Å². The summed E-state index contributed by atoms with van der Waals surface area (Å²) < 4.78 is 3.10. The summed E-state index contributed by atoms with van der Waals surface area (Å²) in [6.07, 6.45) is 0. The van der Waals surface area contributed by atoms with E-state index in [0.29, 0.717) is 6.04 Å². The molecule has 0 aliphatic carbocycles. The Bertz CT molecular complexity index is 526. The Balaban J connectivity index is 1.86. The van der Waals surface area contributed by atoms with Crippen molar-refractivity contribution in [2.45, 2.75) is 37.3 Å². The number of aromatic nitrogens is 4. The molecular weight excluding hydrogens is 385 g/mol. The van der Waals surface area contributed by atoms with Crippen LogP contribution in [-0.2, 0) is 12.3 Å². The topological polar surface area (TPSA) is 55.6 Å². The molecule has 5 nitrogen and oxygen atoms in total. The molecule has 0 radical (unpaired) electrons. The number of nitrogens with one attached hydrogen (secondary N) is 1. The highest BCUT2D eigenvalue weighted by atomic mass is 127. The van der Waals surface area contributed by atoms with Gasteiger partial charge in [-0.05, 0) is 50.7 Å². The van der Waals surface area contributed by atoms with E-state index >= 15 is 0 Å². The van der Waals surface area contributed by atoms with Gasteiger partial charge in [-0.1, -0.05) is 37.7 Å². The molecule has 1 aromatic carbocycles. The van der Waals surface area contributed by atoms with Crippen molar-refractivity contribution in [1.82, 2.24) is 25.5 Å². The predicted octanol–water partition coefficient (Wildman–Crippen LogP) is 2.57. The highest BCUT2D eigenvalue weighted by Gasteiger charge is 2.07. The second-order valence-electron chi connectivity index (χ2n) is 4.71. The van der Waals surface area contributed by atoms with Crippen molar-refractivity contribution < 1.29 is 0 Å². The third-order valence-corrected chi connectivity index (χ3v) is 4.40. The Morgan fingerprint density at radius 2 is 2.05 bits per heavy atom. The van der Waals surface area contributed by atoms with Crippen molar-refractivity contribution in [1.29, 1.82) is 0 Å². The molecule has 0 aliphatic rings. The van der Waals surface area contributed by atoms with Gasteiger partial charge >= 0.3 is 0 Å². The Kier molecular flexibility index (Phi) is 6.24. The SMILES string of the molecule is CC(C)NCCn1nnnc1SCc1ccc(I)cc1. The summed E-state index contributed by atoms with van der Waals surface area (Å²) in [6.45, 7) is 5.93. The first-order valence-corrected chi connectivity index (χ1v) is 8.58. The van der Waals surface area contributed by atoms with E-state index in [4.69, 9.17) is 0 Å². The molecule has 0 saturated heterocycles. The zero-order chi connectivity index (χ0) is 14.4. The highest BCUT2D eigenvalue weighted by Crippen LogP contribution is 2.20. The predicted molar refractivity (Wildman–Crippen MR) is 89.7 cm³/mol. The number of rotatable bonds is 7.